The molecule has 1 aromatic heterocycles. The van der Waals surface area contributed by atoms with Gasteiger partial charge in [0.15, 0.2) is 5.96 Å². The minimum atomic E-state index is -0.0374. The number of rotatable bonds is 7. The Kier molecular flexibility index (Phi) is 7.34. The number of nitrogens with one attached hydrogen (secondary N) is 2. The lowest BCUT2D eigenvalue weighted by molar-refractivity contribution is 0.224. The molecule has 1 unspecified atom stereocenters. The molecule has 130 valence electrons. The van der Waals surface area contributed by atoms with Crippen molar-refractivity contribution >= 4 is 28.9 Å². The highest BCUT2D eigenvalue weighted by Gasteiger charge is 2.08. The van der Waals surface area contributed by atoms with Gasteiger partial charge in [0.05, 0.1) is 22.3 Å². The molecule has 0 fully saturated rings. The van der Waals surface area contributed by atoms with Crippen molar-refractivity contribution < 1.29 is 4.74 Å². The summed E-state index contributed by atoms with van der Waals surface area (Å²) >= 11 is 7.77. The number of hydrogen-bond donors (Lipinski definition) is 2. The lowest BCUT2D eigenvalue weighted by Crippen LogP contribution is -2.42. The molecule has 1 heterocycles. The summed E-state index contributed by atoms with van der Waals surface area (Å²) in [6, 6.07) is 7.47. The molecule has 0 aliphatic rings. The molecular formula is C17H23ClN4OS. The summed E-state index contributed by atoms with van der Waals surface area (Å²) in [5.74, 6) is 1.44. The van der Waals surface area contributed by atoms with Crippen LogP contribution < -0.4 is 15.4 Å². The van der Waals surface area contributed by atoms with E-state index in [2.05, 4.69) is 26.0 Å². The number of ether oxygens (including phenoxy) is 1. The number of aliphatic imine (C=N–C) groups is 1. The lowest BCUT2D eigenvalue weighted by atomic mass is 10.3. The second-order valence-corrected chi connectivity index (χ2v) is 6.82. The SMILES string of the molecule is CN=C(NCCc1csc(C)n1)NCC(C)Oc1ccccc1Cl. The van der Waals surface area contributed by atoms with E-state index in [1.54, 1.807) is 18.4 Å². The van der Waals surface area contributed by atoms with Gasteiger partial charge in [0, 0.05) is 25.4 Å². The summed E-state index contributed by atoms with van der Waals surface area (Å²) < 4.78 is 5.83. The molecule has 24 heavy (non-hydrogen) atoms. The summed E-state index contributed by atoms with van der Waals surface area (Å²) in [5, 5.41) is 10.3. The molecule has 0 radical (unpaired) electrons. The average Bonchev–Trinajstić information content (AvgIpc) is 2.98. The summed E-state index contributed by atoms with van der Waals surface area (Å²) in [5.41, 5.74) is 1.11. The molecule has 0 aliphatic heterocycles. The molecule has 2 aromatic rings. The number of benzene rings is 1. The molecule has 0 saturated heterocycles. The fourth-order valence-corrected chi connectivity index (χ4v) is 2.92. The Morgan fingerprint density at radius 1 is 1.38 bits per heavy atom. The lowest BCUT2D eigenvalue weighted by Gasteiger charge is -2.18. The van der Waals surface area contributed by atoms with Gasteiger partial charge in [0.1, 0.15) is 11.9 Å². The van der Waals surface area contributed by atoms with Gasteiger partial charge in [-0.2, -0.15) is 0 Å². The first-order valence-corrected chi connectivity index (χ1v) is 9.11. The van der Waals surface area contributed by atoms with Gasteiger partial charge in [-0.1, -0.05) is 23.7 Å². The second-order valence-electron chi connectivity index (χ2n) is 5.35. The van der Waals surface area contributed by atoms with E-state index in [9.17, 15) is 0 Å². The van der Waals surface area contributed by atoms with E-state index in [4.69, 9.17) is 16.3 Å². The first-order chi connectivity index (χ1) is 11.6. The van der Waals surface area contributed by atoms with Crippen LogP contribution in [-0.4, -0.2) is 37.2 Å². The van der Waals surface area contributed by atoms with Crippen LogP contribution in [0, 0.1) is 6.92 Å². The normalized spacial score (nSPS) is 12.8. The third-order valence-electron chi connectivity index (χ3n) is 3.29. The maximum atomic E-state index is 6.10. The van der Waals surface area contributed by atoms with E-state index >= 15 is 0 Å². The molecule has 0 spiro atoms. The van der Waals surface area contributed by atoms with Gasteiger partial charge in [0.2, 0.25) is 0 Å². The van der Waals surface area contributed by atoms with Gasteiger partial charge < -0.3 is 15.4 Å². The molecule has 1 atom stereocenters. The molecule has 2 rings (SSSR count). The average molecular weight is 367 g/mol. The molecule has 1 aromatic carbocycles. The molecular weight excluding hydrogens is 344 g/mol. The maximum Gasteiger partial charge on any atom is 0.191 e. The Morgan fingerprint density at radius 2 is 2.17 bits per heavy atom. The smallest absolute Gasteiger partial charge is 0.191 e. The fourth-order valence-electron chi connectivity index (χ4n) is 2.09. The number of guanidine groups is 1. The van der Waals surface area contributed by atoms with Crippen LogP contribution >= 0.6 is 22.9 Å². The van der Waals surface area contributed by atoms with Crippen LogP contribution in [0.2, 0.25) is 5.02 Å². The highest BCUT2D eigenvalue weighted by Crippen LogP contribution is 2.23. The Morgan fingerprint density at radius 3 is 2.83 bits per heavy atom. The molecule has 0 aliphatic carbocycles. The van der Waals surface area contributed by atoms with E-state index in [-0.39, 0.29) is 6.10 Å². The van der Waals surface area contributed by atoms with Crippen molar-refractivity contribution in [2.24, 2.45) is 4.99 Å². The van der Waals surface area contributed by atoms with Crippen molar-refractivity contribution in [1.29, 1.82) is 0 Å². The second kappa shape index (κ2) is 9.49. The topological polar surface area (TPSA) is 58.5 Å². The van der Waals surface area contributed by atoms with Crippen molar-refractivity contribution in [1.82, 2.24) is 15.6 Å². The minimum absolute atomic E-state index is 0.0374. The van der Waals surface area contributed by atoms with Gasteiger partial charge >= 0.3 is 0 Å². The molecule has 7 heteroatoms. The van der Waals surface area contributed by atoms with E-state index in [0.717, 1.165) is 29.6 Å². The molecule has 0 bridgehead atoms. The zero-order valence-electron chi connectivity index (χ0n) is 14.2. The van der Waals surface area contributed by atoms with Crippen molar-refractivity contribution in [3.05, 3.63) is 45.4 Å². The fraction of sp³-hybridized carbons (Fsp3) is 0.412. The predicted octanol–water partition coefficient (Wildman–Crippen LogP) is 3.28. The van der Waals surface area contributed by atoms with Crippen LogP contribution in [0.3, 0.4) is 0 Å². The van der Waals surface area contributed by atoms with Crippen LogP contribution in [0.15, 0.2) is 34.6 Å². The number of hydrogen-bond acceptors (Lipinski definition) is 4. The van der Waals surface area contributed by atoms with E-state index in [0.29, 0.717) is 17.3 Å². The number of aromatic nitrogens is 1. The minimum Gasteiger partial charge on any atom is -0.487 e. The zero-order valence-corrected chi connectivity index (χ0v) is 15.7. The number of aryl methyl sites for hydroxylation is 1. The Bertz CT molecular complexity index is 674. The van der Waals surface area contributed by atoms with E-state index in [1.165, 1.54) is 0 Å². The first-order valence-electron chi connectivity index (χ1n) is 7.85. The number of thiazole rings is 1. The van der Waals surface area contributed by atoms with Gasteiger partial charge in [-0.25, -0.2) is 4.98 Å². The van der Waals surface area contributed by atoms with Crippen LogP contribution in [0.25, 0.3) is 0 Å². The van der Waals surface area contributed by atoms with Crippen LogP contribution in [0.4, 0.5) is 0 Å². The van der Waals surface area contributed by atoms with Gasteiger partial charge in [-0.15, -0.1) is 11.3 Å². The number of halogens is 1. The summed E-state index contributed by atoms with van der Waals surface area (Å²) in [4.78, 5) is 8.66. The van der Waals surface area contributed by atoms with E-state index < -0.39 is 0 Å². The Labute approximate surface area is 152 Å². The molecule has 5 nitrogen and oxygen atoms in total. The monoisotopic (exact) mass is 366 g/mol. The van der Waals surface area contributed by atoms with Crippen molar-refractivity contribution in [3.63, 3.8) is 0 Å². The van der Waals surface area contributed by atoms with Crippen molar-refractivity contribution in [3.8, 4) is 5.75 Å². The zero-order chi connectivity index (χ0) is 17.4. The highest BCUT2D eigenvalue weighted by molar-refractivity contribution is 7.09. The molecule has 0 amide bonds. The van der Waals surface area contributed by atoms with Crippen LogP contribution in [0.5, 0.6) is 5.75 Å². The first kappa shape index (κ1) is 18.5. The van der Waals surface area contributed by atoms with Gasteiger partial charge in [-0.05, 0) is 26.0 Å². The predicted molar refractivity (Wildman–Crippen MR) is 101 cm³/mol. The van der Waals surface area contributed by atoms with Crippen LogP contribution in [-0.2, 0) is 6.42 Å². The van der Waals surface area contributed by atoms with Crippen LogP contribution in [0.1, 0.15) is 17.6 Å². The quantitative estimate of drug-likeness (QED) is 0.583. The number of para-hydroxylation sites is 1. The van der Waals surface area contributed by atoms with Gasteiger partial charge in [0.25, 0.3) is 0 Å². The summed E-state index contributed by atoms with van der Waals surface area (Å²) in [7, 11) is 1.75. The number of nitrogens with zero attached hydrogens (tertiary/aromatic N) is 2. The maximum absolute atomic E-state index is 6.10. The van der Waals surface area contributed by atoms with Crippen molar-refractivity contribution in [2.75, 3.05) is 20.1 Å². The largest absolute Gasteiger partial charge is 0.487 e. The summed E-state index contributed by atoms with van der Waals surface area (Å²) in [6.45, 7) is 5.41. The van der Waals surface area contributed by atoms with E-state index in [1.807, 2.05) is 38.1 Å². The molecule has 2 N–H and O–H groups in total. The summed E-state index contributed by atoms with van der Waals surface area (Å²) in [6.07, 6.45) is 0.834. The van der Waals surface area contributed by atoms with Crippen molar-refractivity contribution in [2.45, 2.75) is 26.4 Å². The third-order valence-corrected chi connectivity index (χ3v) is 4.42. The third kappa shape index (κ3) is 6.02. The Hall–Kier alpha value is -1.79. The van der Waals surface area contributed by atoms with Gasteiger partial charge in [-0.3, -0.25) is 4.99 Å². The standard InChI is InChI=1S/C17H23ClN4OS/c1-12(23-16-7-5-4-6-15(16)18)10-21-17(19-3)20-9-8-14-11-24-13(2)22-14/h4-7,11-12H,8-10H2,1-3H3,(H2,19,20,21). The Balaban J connectivity index is 1.71. The highest BCUT2D eigenvalue weighted by atomic mass is 35.5. The molecule has 0 saturated carbocycles.